The SMILES string of the molecule is CO[C@@H]1C(C(=O)O)O[C@@H](O[C@@H]2C(C(=O)O)O[C@@H](O[C@@H]3C(C(=O)O)O[C@@H](O[C@H]4C(O)C(O)[C@H](O[C@@H]5C(C(=O)O)OC(O[C@H]6C(O)C(O)[C@H](O)O[C@H]6C(=O)O)C(O)[C@@H]5O)O[C@H]4C(=O)O)C(O)[C@H]3O)C(O)C2O)C(O)[C@@H]1O. The van der Waals surface area contributed by atoms with Crippen molar-refractivity contribution < 1.29 is 183 Å². The standard InChI is InChI=1S/C37H52O37/c1-63-14-3(39)9(45)33(70-20(14)26(50)51)66-16-5(41)11(47)35(72-22(16)28(54)55)68-18-7(43)13(49)37(74-24(18)30(58)59)69-19-6(42)12(48)36(73-25(19)31(60)61)67-17-4(40)10(46)34(71-23(17)29(56)57)65-15-2(38)8(44)32(62)64-21(15)27(52)53/h2-25,32-49,62H,1H3,(H,50,51)(H,52,53)(H,54,55)(H,56,57)(H,58,59)(H,60,61)/t2?,3-,4-,5?,6?,7+,8?,9?,10?,11?,12?,13?,14-,15-,16-,17-,18-,19-,20?,21+,22?,23?,24?,25+,32+,33+,34?,35+,36+,37+/m0/s1. The Hall–Kier alpha value is -4.18. The molecule has 0 spiro atoms. The van der Waals surface area contributed by atoms with Gasteiger partial charge >= 0.3 is 35.8 Å². The maximum absolute atomic E-state index is 12.5. The Balaban J connectivity index is 1.13. The number of methoxy groups -OCH3 is 1. The molecule has 6 aliphatic rings. The second kappa shape index (κ2) is 23.6. The first-order valence-corrected chi connectivity index (χ1v) is 21.5. The van der Waals surface area contributed by atoms with Crippen LogP contribution in [0.15, 0.2) is 0 Å². The highest BCUT2D eigenvalue weighted by atomic mass is 16.8. The molecular formula is C37H52O37. The van der Waals surface area contributed by atoms with Crippen LogP contribution in [-0.4, -0.2) is 324 Å². The minimum absolute atomic E-state index is 0.956. The van der Waals surface area contributed by atoms with Gasteiger partial charge in [0.1, 0.15) is 110 Å². The fourth-order valence-corrected chi connectivity index (χ4v) is 8.59. The summed E-state index contributed by atoms with van der Waals surface area (Å²) < 4.78 is 61.8. The van der Waals surface area contributed by atoms with E-state index in [1.165, 1.54) is 0 Å². The summed E-state index contributed by atoms with van der Waals surface area (Å²) in [7, 11) is 0.956. The number of aliphatic carboxylic acids is 6. The van der Waals surface area contributed by atoms with E-state index in [0.717, 1.165) is 7.11 Å². The third-order valence-corrected chi connectivity index (χ3v) is 12.5. The van der Waals surface area contributed by atoms with Crippen molar-refractivity contribution in [3.05, 3.63) is 0 Å². The number of ether oxygens (including phenoxy) is 12. The number of carboxylic acid groups (broad SMARTS) is 6. The van der Waals surface area contributed by atoms with Gasteiger partial charge < -0.3 is 154 Å². The topological polar surface area (TPSA) is 598 Å². The fraction of sp³-hybridized carbons (Fsp3) is 0.838. The van der Waals surface area contributed by atoms with Crippen molar-refractivity contribution >= 4 is 35.8 Å². The van der Waals surface area contributed by atoms with Crippen molar-refractivity contribution in [1.29, 1.82) is 0 Å². The lowest BCUT2D eigenvalue weighted by molar-refractivity contribution is -0.386. The first-order valence-electron chi connectivity index (χ1n) is 21.5. The van der Waals surface area contributed by atoms with Crippen molar-refractivity contribution in [3.63, 3.8) is 0 Å². The monoisotopic (exact) mass is 1090 g/mol. The highest BCUT2D eigenvalue weighted by Gasteiger charge is 2.61. The number of carboxylic acids is 6. The maximum Gasteiger partial charge on any atom is 0.335 e. The van der Waals surface area contributed by atoms with Crippen LogP contribution in [0.1, 0.15) is 0 Å². The molecule has 74 heavy (non-hydrogen) atoms. The summed E-state index contributed by atoms with van der Waals surface area (Å²) in [5.74, 6) is -12.0. The molecule has 6 fully saturated rings. The van der Waals surface area contributed by atoms with Gasteiger partial charge in [-0.3, -0.25) is 0 Å². The van der Waals surface area contributed by atoms with Crippen molar-refractivity contribution in [3.8, 4) is 0 Å². The molecule has 30 atom stereocenters. The Morgan fingerprint density at radius 3 is 0.649 bits per heavy atom. The lowest BCUT2D eigenvalue weighted by Crippen LogP contribution is -2.69. The van der Waals surface area contributed by atoms with Crippen LogP contribution < -0.4 is 0 Å². The van der Waals surface area contributed by atoms with E-state index in [1.807, 2.05) is 0 Å². The summed E-state index contributed by atoms with van der Waals surface area (Å²) in [6.07, 6.45) is -72.2. The predicted molar refractivity (Wildman–Crippen MR) is 207 cm³/mol. The number of aliphatic hydroxyl groups excluding tert-OH is 13. The number of carbonyl (C=O) groups is 6. The zero-order chi connectivity index (χ0) is 55.3. The molecule has 0 aromatic heterocycles. The van der Waals surface area contributed by atoms with Gasteiger partial charge in [0.25, 0.3) is 0 Å². The van der Waals surface area contributed by atoms with E-state index in [2.05, 4.69) is 4.74 Å². The van der Waals surface area contributed by atoms with E-state index in [-0.39, 0.29) is 0 Å². The molecule has 0 aliphatic carbocycles. The molecule has 0 bridgehead atoms. The first-order chi connectivity index (χ1) is 34.5. The van der Waals surface area contributed by atoms with Crippen molar-refractivity contribution in [1.82, 2.24) is 0 Å². The van der Waals surface area contributed by atoms with Crippen LogP contribution in [0.5, 0.6) is 0 Å². The largest absolute Gasteiger partial charge is 0.479 e. The highest BCUT2D eigenvalue weighted by molar-refractivity contribution is 5.76. The van der Waals surface area contributed by atoms with Crippen LogP contribution in [0.4, 0.5) is 0 Å². The van der Waals surface area contributed by atoms with Crippen LogP contribution in [0.25, 0.3) is 0 Å². The van der Waals surface area contributed by atoms with Crippen molar-refractivity contribution in [2.24, 2.45) is 0 Å². The second-order valence-electron chi connectivity index (χ2n) is 17.2. The third kappa shape index (κ3) is 11.6. The van der Waals surface area contributed by atoms with Crippen LogP contribution in [0, 0.1) is 0 Å². The smallest absolute Gasteiger partial charge is 0.335 e. The number of hydrogen-bond acceptors (Lipinski definition) is 31. The van der Waals surface area contributed by atoms with Gasteiger partial charge in [-0.2, -0.15) is 0 Å². The summed E-state index contributed by atoms with van der Waals surface area (Å²) in [4.78, 5) is 73.2. The van der Waals surface area contributed by atoms with Gasteiger partial charge in [0.05, 0.1) is 0 Å². The van der Waals surface area contributed by atoms with Gasteiger partial charge in [0.15, 0.2) is 74.4 Å². The average Bonchev–Trinajstić information content (AvgIpc) is 3.33. The lowest BCUT2D eigenvalue weighted by atomic mass is 9.95. The molecule has 0 aromatic rings. The summed E-state index contributed by atoms with van der Waals surface area (Å²) in [5, 5.41) is 198. The molecule has 37 nitrogen and oxygen atoms in total. The lowest BCUT2D eigenvalue weighted by Gasteiger charge is -2.48. The Morgan fingerprint density at radius 2 is 0.446 bits per heavy atom. The minimum Gasteiger partial charge on any atom is -0.479 e. The summed E-state index contributed by atoms with van der Waals surface area (Å²) in [6, 6.07) is 0. The summed E-state index contributed by atoms with van der Waals surface area (Å²) >= 11 is 0. The summed E-state index contributed by atoms with van der Waals surface area (Å²) in [6.45, 7) is 0. The number of hydrogen-bond donors (Lipinski definition) is 19. The van der Waals surface area contributed by atoms with E-state index >= 15 is 0 Å². The molecule has 19 N–H and O–H groups in total. The van der Waals surface area contributed by atoms with Gasteiger partial charge in [0, 0.05) is 7.11 Å². The van der Waals surface area contributed by atoms with Gasteiger partial charge in [-0.25, -0.2) is 28.8 Å². The molecule has 6 heterocycles. The first kappa shape index (κ1) is 59.1. The minimum atomic E-state index is -2.64. The average molecular weight is 1090 g/mol. The Bertz CT molecular complexity index is 2010. The molecule has 6 saturated heterocycles. The molecule has 14 unspecified atom stereocenters. The number of aliphatic hydroxyl groups is 13. The highest BCUT2D eigenvalue weighted by Crippen LogP contribution is 2.37. The van der Waals surface area contributed by atoms with Gasteiger partial charge in [-0.15, -0.1) is 0 Å². The third-order valence-electron chi connectivity index (χ3n) is 12.5. The molecule has 6 rings (SSSR count). The van der Waals surface area contributed by atoms with Crippen LogP contribution in [0.3, 0.4) is 0 Å². The molecule has 0 amide bonds. The molecule has 0 radical (unpaired) electrons. The zero-order valence-corrected chi connectivity index (χ0v) is 37.2. The van der Waals surface area contributed by atoms with Crippen molar-refractivity contribution in [2.75, 3.05) is 7.11 Å². The Kier molecular flexibility index (Phi) is 18.8. The summed E-state index contributed by atoms with van der Waals surface area (Å²) in [5.41, 5.74) is 0. The van der Waals surface area contributed by atoms with E-state index in [0.29, 0.717) is 0 Å². The molecular weight excluding hydrogens is 1040 g/mol. The van der Waals surface area contributed by atoms with E-state index in [9.17, 15) is 126 Å². The normalized spacial score (nSPS) is 49.1. The van der Waals surface area contributed by atoms with Crippen LogP contribution >= 0.6 is 0 Å². The number of rotatable bonds is 17. The van der Waals surface area contributed by atoms with E-state index in [1.54, 1.807) is 0 Å². The maximum atomic E-state index is 12.5. The molecule has 422 valence electrons. The van der Waals surface area contributed by atoms with Crippen molar-refractivity contribution in [2.45, 2.75) is 184 Å². The van der Waals surface area contributed by atoms with E-state index in [4.69, 9.17) is 52.1 Å². The quantitative estimate of drug-likeness (QED) is 0.0643. The molecule has 6 aliphatic heterocycles. The predicted octanol–water partition coefficient (Wildman–Crippen LogP) is -12.9. The second-order valence-corrected chi connectivity index (χ2v) is 17.2. The van der Waals surface area contributed by atoms with Crippen LogP contribution in [-0.2, 0) is 85.6 Å². The zero-order valence-electron chi connectivity index (χ0n) is 37.2. The molecule has 37 heteroatoms. The van der Waals surface area contributed by atoms with Gasteiger partial charge in [-0.1, -0.05) is 0 Å². The fourth-order valence-electron chi connectivity index (χ4n) is 8.59. The van der Waals surface area contributed by atoms with Gasteiger partial charge in [-0.05, 0) is 0 Å². The van der Waals surface area contributed by atoms with Gasteiger partial charge in [0.2, 0.25) is 0 Å². The molecule has 0 aromatic carbocycles. The van der Waals surface area contributed by atoms with Crippen LogP contribution in [0.2, 0.25) is 0 Å². The molecule has 0 saturated carbocycles. The Labute approximate surface area is 409 Å². The Morgan fingerprint density at radius 1 is 0.270 bits per heavy atom. The van der Waals surface area contributed by atoms with E-state index < -0.39 is 220 Å².